The van der Waals surface area contributed by atoms with E-state index in [0.717, 1.165) is 5.56 Å². The van der Waals surface area contributed by atoms with Crippen LogP contribution in [0.15, 0.2) is 76.8 Å². The molecule has 1 atom stereocenters. The van der Waals surface area contributed by atoms with Crippen LogP contribution < -0.4 is 9.86 Å². The summed E-state index contributed by atoms with van der Waals surface area (Å²) in [6, 6.07) is 15.4. The van der Waals surface area contributed by atoms with Crippen molar-refractivity contribution in [3.63, 3.8) is 0 Å². The van der Waals surface area contributed by atoms with Crippen LogP contribution in [0.5, 0.6) is 0 Å². The zero-order valence-electron chi connectivity index (χ0n) is 20.7. The molecule has 1 amide bonds. The number of rotatable bonds is 8. The molecule has 202 valence electrons. The van der Waals surface area contributed by atoms with Gasteiger partial charge in [-0.1, -0.05) is 12.1 Å². The summed E-state index contributed by atoms with van der Waals surface area (Å²) in [7, 11) is -8.05. The Hall–Kier alpha value is -3.96. The number of nitriles is 1. The van der Waals surface area contributed by atoms with Gasteiger partial charge in [-0.2, -0.15) is 9.98 Å². The van der Waals surface area contributed by atoms with Gasteiger partial charge in [-0.3, -0.25) is 4.79 Å². The van der Waals surface area contributed by atoms with Crippen LogP contribution in [0.1, 0.15) is 23.2 Å². The van der Waals surface area contributed by atoms with Crippen molar-refractivity contribution in [2.45, 2.75) is 41.8 Å². The van der Waals surface area contributed by atoms with Gasteiger partial charge in [0.25, 0.3) is 0 Å². The molecule has 11 nitrogen and oxygen atoms in total. The Morgan fingerprint density at radius 1 is 1.10 bits per heavy atom. The van der Waals surface area contributed by atoms with Crippen LogP contribution in [-0.2, 0) is 44.4 Å². The molecule has 0 fully saturated rings. The SMILES string of the molecule is N#Cc1cccn1CCC(NS(=O)(=O)c1cccc2[nH]ccc12)C(=O)N1CCc2ccc(S(N)(=O)=O)cc2C1. The lowest BCUT2D eigenvalue weighted by Crippen LogP contribution is -2.50. The highest BCUT2D eigenvalue weighted by atomic mass is 32.2. The first-order valence-electron chi connectivity index (χ1n) is 12.1. The van der Waals surface area contributed by atoms with Crippen molar-refractivity contribution in [2.24, 2.45) is 5.14 Å². The first-order valence-corrected chi connectivity index (χ1v) is 15.2. The van der Waals surface area contributed by atoms with Crippen molar-refractivity contribution in [3.8, 4) is 6.07 Å². The molecule has 1 aliphatic rings. The predicted octanol–water partition coefficient (Wildman–Crippen LogP) is 1.81. The Labute approximate surface area is 225 Å². The van der Waals surface area contributed by atoms with Crippen LogP contribution in [0.2, 0.25) is 0 Å². The third-order valence-electron chi connectivity index (χ3n) is 6.87. The number of carbonyl (C=O) groups excluding carboxylic acids is 1. The second kappa shape index (κ2) is 10.3. The molecule has 39 heavy (non-hydrogen) atoms. The van der Waals surface area contributed by atoms with E-state index in [1.807, 2.05) is 0 Å². The van der Waals surface area contributed by atoms with Gasteiger partial charge in [-0.15, -0.1) is 0 Å². The van der Waals surface area contributed by atoms with Gasteiger partial charge in [0.15, 0.2) is 0 Å². The maximum Gasteiger partial charge on any atom is 0.241 e. The first kappa shape index (κ1) is 26.6. The standard InChI is InChI=1S/C26H26N6O5S2/c27-16-20-3-2-12-31(20)14-10-24(30-39(36,37)25-5-1-4-23-22(25)8-11-29-23)26(33)32-13-9-18-6-7-21(38(28,34)35)15-19(18)17-32/h1-8,11-12,15,24,29-30H,9-10,13-14,17H2,(H2,28,34,35). The first-order chi connectivity index (χ1) is 18.6. The number of primary sulfonamides is 1. The number of aryl methyl sites for hydroxylation is 1. The number of hydrogen-bond acceptors (Lipinski definition) is 6. The summed E-state index contributed by atoms with van der Waals surface area (Å²) in [4.78, 5) is 18.3. The van der Waals surface area contributed by atoms with E-state index in [0.29, 0.717) is 35.1 Å². The largest absolute Gasteiger partial charge is 0.361 e. The smallest absolute Gasteiger partial charge is 0.241 e. The van der Waals surface area contributed by atoms with E-state index in [4.69, 9.17) is 5.14 Å². The topological polar surface area (TPSA) is 171 Å². The van der Waals surface area contributed by atoms with Crippen LogP contribution >= 0.6 is 0 Å². The van der Waals surface area contributed by atoms with E-state index in [1.165, 1.54) is 23.1 Å². The number of benzene rings is 2. The van der Waals surface area contributed by atoms with Gasteiger partial charge in [0.05, 0.1) is 9.79 Å². The highest BCUT2D eigenvalue weighted by molar-refractivity contribution is 7.89. The highest BCUT2D eigenvalue weighted by Crippen LogP contribution is 2.25. The summed E-state index contributed by atoms with van der Waals surface area (Å²) in [6.45, 7) is 0.665. The molecule has 0 aliphatic carbocycles. The second-order valence-corrected chi connectivity index (χ2v) is 12.6. The van der Waals surface area contributed by atoms with Crippen molar-refractivity contribution in [1.82, 2.24) is 19.2 Å². The molecule has 4 aromatic rings. The lowest BCUT2D eigenvalue weighted by atomic mass is 9.99. The molecule has 1 aliphatic heterocycles. The number of hydrogen-bond donors (Lipinski definition) is 3. The Morgan fingerprint density at radius 2 is 1.92 bits per heavy atom. The van der Waals surface area contributed by atoms with Gasteiger partial charge >= 0.3 is 0 Å². The summed E-state index contributed by atoms with van der Waals surface area (Å²) in [5.74, 6) is -0.447. The Balaban J connectivity index is 1.44. The van der Waals surface area contributed by atoms with Gasteiger partial charge in [0.1, 0.15) is 17.8 Å². The summed E-state index contributed by atoms with van der Waals surface area (Å²) in [5, 5.41) is 15.1. The van der Waals surface area contributed by atoms with E-state index in [2.05, 4.69) is 15.8 Å². The Kier molecular flexibility index (Phi) is 7.04. The third-order valence-corrected chi connectivity index (χ3v) is 9.31. The number of sulfonamides is 2. The molecule has 5 rings (SSSR count). The average molecular weight is 567 g/mol. The molecule has 0 saturated heterocycles. The number of nitrogens with one attached hydrogen (secondary N) is 2. The summed E-state index contributed by atoms with van der Waals surface area (Å²) < 4.78 is 55.1. The van der Waals surface area contributed by atoms with Gasteiger partial charge < -0.3 is 14.5 Å². The van der Waals surface area contributed by atoms with Crippen LogP contribution in [0.25, 0.3) is 10.9 Å². The van der Waals surface area contributed by atoms with Crippen molar-refractivity contribution in [3.05, 3.63) is 83.8 Å². The molecule has 4 N–H and O–H groups in total. The van der Waals surface area contributed by atoms with Gasteiger partial charge in [0.2, 0.25) is 26.0 Å². The summed E-state index contributed by atoms with van der Waals surface area (Å²) in [6.07, 6.45) is 3.90. The number of fused-ring (bicyclic) bond motifs is 2. The Morgan fingerprint density at radius 3 is 2.69 bits per heavy atom. The summed E-state index contributed by atoms with van der Waals surface area (Å²) in [5.41, 5.74) is 2.57. The average Bonchev–Trinajstić information content (AvgIpc) is 3.58. The molecular formula is C26H26N6O5S2. The molecule has 2 aromatic carbocycles. The van der Waals surface area contributed by atoms with E-state index < -0.39 is 32.0 Å². The minimum absolute atomic E-state index is 0.0412. The Bertz CT molecular complexity index is 1820. The van der Waals surface area contributed by atoms with Crippen LogP contribution in [0, 0.1) is 11.3 Å². The lowest BCUT2D eigenvalue weighted by molar-refractivity contribution is -0.134. The van der Waals surface area contributed by atoms with Crippen LogP contribution in [0.3, 0.4) is 0 Å². The van der Waals surface area contributed by atoms with E-state index in [9.17, 15) is 26.9 Å². The number of aromatic nitrogens is 2. The van der Waals surface area contributed by atoms with E-state index >= 15 is 0 Å². The molecule has 0 radical (unpaired) electrons. The molecule has 0 bridgehead atoms. The number of amides is 1. The quantitative estimate of drug-likeness (QED) is 0.294. The van der Waals surface area contributed by atoms with Gasteiger partial charge in [-0.05, 0) is 66.4 Å². The predicted molar refractivity (Wildman–Crippen MR) is 143 cm³/mol. The molecule has 1 unspecified atom stereocenters. The molecule has 3 heterocycles. The van der Waals surface area contributed by atoms with Gasteiger partial charge in [-0.25, -0.2) is 22.0 Å². The highest BCUT2D eigenvalue weighted by Gasteiger charge is 2.32. The van der Waals surface area contributed by atoms with Crippen LogP contribution in [0.4, 0.5) is 0 Å². The fourth-order valence-electron chi connectivity index (χ4n) is 4.87. The zero-order valence-corrected chi connectivity index (χ0v) is 22.4. The van der Waals surface area contributed by atoms with E-state index in [-0.39, 0.29) is 29.3 Å². The number of nitrogens with two attached hydrogens (primary N) is 1. The lowest BCUT2D eigenvalue weighted by Gasteiger charge is -2.32. The number of nitrogens with zero attached hydrogens (tertiary/aromatic N) is 3. The van der Waals surface area contributed by atoms with E-state index in [1.54, 1.807) is 53.4 Å². The fourth-order valence-corrected chi connectivity index (χ4v) is 6.88. The molecule has 13 heteroatoms. The normalized spacial score (nSPS) is 14.6. The van der Waals surface area contributed by atoms with Crippen molar-refractivity contribution in [2.75, 3.05) is 6.54 Å². The number of aromatic amines is 1. The molecule has 2 aromatic heterocycles. The fraction of sp³-hybridized carbons (Fsp3) is 0.231. The van der Waals surface area contributed by atoms with Gasteiger partial charge in [0, 0.05) is 42.9 Å². The number of carbonyl (C=O) groups is 1. The molecule has 0 saturated carbocycles. The second-order valence-electron chi connectivity index (χ2n) is 9.34. The minimum Gasteiger partial charge on any atom is -0.361 e. The summed E-state index contributed by atoms with van der Waals surface area (Å²) >= 11 is 0. The van der Waals surface area contributed by atoms with Crippen molar-refractivity contribution < 1.29 is 21.6 Å². The monoisotopic (exact) mass is 566 g/mol. The molecular weight excluding hydrogens is 540 g/mol. The molecule has 0 spiro atoms. The van der Waals surface area contributed by atoms with Crippen molar-refractivity contribution in [1.29, 1.82) is 5.26 Å². The van der Waals surface area contributed by atoms with Crippen molar-refractivity contribution >= 4 is 36.9 Å². The zero-order chi connectivity index (χ0) is 27.8. The van der Waals surface area contributed by atoms with Crippen LogP contribution in [-0.4, -0.2) is 49.8 Å². The minimum atomic E-state index is -4.12. The maximum atomic E-state index is 13.8. The number of H-pyrrole nitrogens is 1. The third kappa shape index (κ3) is 5.45. The maximum absolute atomic E-state index is 13.8.